The SMILES string of the molecule is C[C@H](Sc1ncccn1)C(=O)N/N=C\c1cccc(Br)c1. The Kier molecular flexibility index (Phi) is 5.89. The number of carbonyl (C=O) groups excluding carboxylic acids is 1. The first-order chi connectivity index (χ1) is 10.1. The van der Waals surface area contributed by atoms with Crippen LogP contribution in [0.1, 0.15) is 12.5 Å². The van der Waals surface area contributed by atoms with E-state index >= 15 is 0 Å². The molecule has 0 aliphatic carbocycles. The van der Waals surface area contributed by atoms with Gasteiger partial charge in [-0.05, 0) is 30.7 Å². The van der Waals surface area contributed by atoms with Gasteiger partial charge in [0.05, 0.1) is 11.5 Å². The Hall–Kier alpha value is -1.73. The first-order valence-electron chi connectivity index (χ1n) is 6.17. The number of hydrazone groups is 1. The number of nitrogens with one attached hydrogen (secondary N) is 1. The van der Waals surface area contributed by atoms with Crippen LogP contribution in [0.5, 0.6) is 0 Å². The molecule has 1 aromatic heterocycles. The molecular formula is C14H13BrN4OS. The van der Waals surface area contributed by atoms with E-state index in [1.807, 2.05) is 24.3 Å². The number of carbonyl (C=O) groups is 1. The van der Waals surface area contributed by atoms with Crippen molar-refractivity contribution in [2.24, 2.45) is 5.10 Å². The van der Waals surface area contributed by atoms with Crippen molar-refractivity contribution in [3.05, 3.63) is 52.8 Å². The molecule has 1 N–H and O–H groups in total. The van der Waals surface area contributed by atoms with E-state index in [0.29, 0.717) is 5.16 Å². The number of benzene rings is 1. The zero-order valence-electron chi connectivity index (χ0n) is 11.2. The smallest absolute Gasteiger partial charge is 0.253 e. The zero-order valence-corrected chi connectivity index (χ0v) is 13.6. The van der Waals surface area contributed by atoms with Crippen molar-refractivity contribution in [3.8, 4) is 0 Å². The van der Waals surface area contributed by atoms with E-state index in [4.69, 9.17) is 0 Å². The van der Waals surface area contributed by atoms with E-state index in [1.165, 1.54) is 11.8 Å². The third-order valence-corrected chi connectivity index (χ3v) is 3.91. The molecule has 2 aromatic rings. The number of rotatable bonds is 5. The lowest BCUT2D eigenvalue weighted by molar-refractivity contribution is -0.120. The topological polar surface area (TPSA) is 67.2 Å². The lowest BCUT2D eigenvalue weighted by atomic mass is 10.2. The standard InChI is InChI=1S/C14H13BrN4OS/c1-10(21-14-16-6-3-7-17-14)13(20)19-18-9-11-4-2-5-12(15)8-11/h2-10H,1H3,(H,19,20)/b18-9-/t10-/m0/s1. The average molecular weight is 365 g/mol. The van der Waals surface area contributed by atoms with Crippen LogP contribution in [0.3, 0.4) is 0 Å². The van der Waals surface area contributed by atoms with Gasteiger partial charge in [0.25, 0.3) is 5.91 Å². The van der Waals surface area contributed by atoms with Crippen molar-refractivity contribution in [2.75, 3.05) is 0 Å². The summed E-state index contributed by atoms with van der Waals surface area (Å²) >= 11 is 4.66. The molecule has 0 spiro atoms. The Morgan fingerprint density at radius 3 is 2.86 bits per heavy atom. The first kappa shape index (κ1) is 15.7. The Morgan fingerprint density at radius 1 is 1.38 bits per heavy atom. The second kappa shape index (κ2) is 7.90. The van der Waals surface area contributed by atoms with Crippen molar-refractivity contribution in [1.82, 2.24) is 15.4 Å². The fraction of sp³-hybridized carbons (Fsp3) is 0.143. The maximum Gasteiger partial charge on any atom is 0.253 e. The van der Waals surface area contributed by atoms with Gasteiger partial charge in [-0.15, -0.1) is 0 Å². The third-order valence-electron chi connectivity index (χ3n) is 2.43. The van der Waals surface area contributed by atoms with Crippen molar-refractivity contribution in [1.29, 1.82) is 0 Å². The molecule has 0 radical (unpaired) electrons. The maximum atomic E-state index is 11.9. The average Bonchev–Trinajstić information content (AvgIpc) is 2.48. The molecular weight excluding hydrogens is 352 g/mol. The van der Waals surface area contributed by atoms with Gasteiger partial charge in [0.2, 0.25) is 0 Å². The molecule has 1 heterocycles. The fourth-order valence-electron chi connectivity index (χ4n) is 1.41. The van der Waals surface area contributed by atoms with Gasteiger partial charge < -0.3 is 0 Å². The van der Waals surface area contributed by atoms with Gasteiger partial charge >= 0.3 is 0 Å². The highest BCUT2D eigenvalue weighted by atomic mass is 79.9. The van der Waals surface area contributed by atoms with Crippen molar-refractivity contribution < 1.29 is 4.79 Å². The Morgan fingerprint density at radius 2 is 2.14 bits per heavy atom. The van der Waals surface area contributed by atoms with Crippen LogP contribution in [0.25, 0.3) is 0 Å². The third kappa shape index (κ3) is 5.28. The molecule has 0 fully saturated rings. The van der Waals surface area contributed by atoms with Gasteiger partial charge in [0.1, 0.15) is 0 Å². The van der Waals surface area contributed by atoms with Crippen LogP contribution in [0.15, 0.2) is 57.5 Å². The highest BCUT2D eigenvalue weighted by Gasteiger charge is 2.14. The molecule has 7 heteroatoms. The quantitative estimate of drug-likeness (QED) is 0.383. The number of thioether (sulfide) groups is 1. The normalized spacial score (nSPS) is 12.3. The second-order valence-electron chi connectivity index (χ2n) is 4.08. The predicted octanol–water partition coefficient (Wildman–Crippen LogP) is 2.87. The molecule has 0 saturated carbocycles. The van der Waals surface area contributed by atoms with Crippen LogP contribution < -0.4 is 5.43 Å². The van der Waals surface area contributed by atoms with Crippen molar-refractivity contribution in [2.45, 2.75) is 17.3 Å². The lowest BCUT2D eigenvalue weighted by Crippen LogP contribution is -2.27. The van der Waals surface area contributed by atoms with Crippen LogP contribution in [0.2, 0.25) is 0 Å². The summed E-state index contributed by atoms with van der Waals surface area (Å²) in [7, 11) is 0. The lowest BCUT2D eigenvalue weighted by Gasteiger charge is -2.07. The molecule has 21 heavy (non-hydrogen) atoms. The molecule has 0 unspecified atom stereocenters. The minimum absolute atomic E-state index is 0.196. The Bertz CT molecular complexity index is 636. The van der Waals surface area contributed by atoms with Crippen LogP contribution in [-0.2, 0) is 4.79 Å². The number of hydrogen-bond donors (Lipinski definition) is 1. The molecule has 1 atom stereocenters. The molecule has 0 aliphatic rings. The van der Waals surface area contributed by atoms with Gasteiger partial charge in [0, 0.05) is 16.9 Å². The summed E-state index contributed by atoms with van der Waals surface area (Å²) in [5.41, 5.74) is 3.41. The van der Waals surface area contributed by atoms with Crippen LogP contribution in [0.4, 0.5) is 0 Å². The number of nitrogens with zero attached hydrogens (tertiary/aromatic N) is 3. The summed E-state index contributed by atoms with van der Waals surface area (Å²) in [4.78, 5) is 20.0. The van der Waals surface area contributed by atoms with E-state index in [0.717, 1.165) is 10.0 Å². The predicted molar refractivity (Wildman–Crippen MR) is 87.2 cm³/mol. The number of halogens is 1. The number of hydrogen-bond acceptors (Lipinski definition) is 5. The molecule has 2 rings (SSSR count). The van der Waals surface area contributed by atoms with Gasteiger partial charge in [-0.25, -0.2) is 15.4 Å². The summed E-state index contributed by atoms with van der Waals surface area (Å²) in [6.07, 6.45) is 4.88. The second-order valence-corrected chi connectivity index (χ2v) is 6.30. The Labute approximate surface area is 135 Å². The van der Waals surface area contributed by atoms with E-state index in [2.05, 4.69) is 36.4 Å². The van der Waals surface area contributed by atoms with Crippen LogP contribution >= 0.6 is 27.7 Å². The van der Waals surface area contributed by atoms with Crippen molar-refractivity contribution in [3.63, 3.8) is 0 Å². The Balaban J connectivity index is 1.86. The van der Waals surface area contributed by atoms with Gasteiger partial charge in [-0.1, -0.05) is 39.8 Å². The molecule has 0 aliphatic heterocycles. The summed E-state index contributed by atoms with van der Waals surface area (Å²) in [6, 6.07) is 9.37. The largest absolute Gasteiger partial charge is 0.272 e. The van der Waals surface area contributed by atoms with Gasteiger partial charge in [-0.3, -0.25) is 4.79 Å². The van der Waals surface area contributed by atoms with Crippen LogP contribution in [-0.4, -0.2) is 27.3 Å². The van der Waals surface area contributed by atoms with E-state index < -0.39 is 0 Å². The molecule has 108 valence electrons. The number of aromatic nitrogens is 2. The molecule has 0 saturated heterocycles. The summed E-state index contributed by atoms with van der Waals surface area (Å²) in [5.74, 6) is -0.196. The van der Waals surface area contributed by atoms with Gasteiger partial charge in [0.15, 0.2) is 5.16 Å². The zero-order chi connectivity index (χ0) is 15.1. The molecule has 1 aromatic carbocycles. The van der Waals surface area contributed by atoms with Crippen molar-refractivity contribution >= 4 is 39.8 Å². The molecule has 0 bridgehead atoms. The van der Waals surface area contributed by atoms with Crippen LogP contribution in [0, 0.1) is 0 Å². The fourth-order valence-corrected chi connectivity index (χ4v) is 2.54. The summed E-state index contributed by atoms with van der Waals surface area (Å²) in [6.45, 7) is 1.78. The minimum Gasteiger partial charge on any atom is -0.272 e. The van der Waals surface area contributed by atoms with E-state index in [-0.39, 0.29) is 11.2 Å². The monoisotopic (exact) mass is 364 g/mol. The highest BCUT2D eigenvalue weighted by molar-refractivity contribution is 9.10. The first-order valence-corrected chi connectivity index (χ1v) is 7.84. The molecule has 5 nitrogen and oxygen atoms in total. The minimum atomic E-state index is -0.327. The van der Waals surface area contributed by atoms with E-state index in [9.17, 15) is 4.79 Å². The summed E-state index contributed by atoms with van der Waals surface area (Å²) < 4.78 is 0.961. The highest BCUT2D eigenvalue weighted by Crippen LogP contribution is 2.18. The maximum absolute atomic E-state index is 11.9. The number of amides is 1. The van der Waals surface area contributed by atoms with E-state index in [1.54, 1.807) is 31.6 Å². The van der Waals surface area contributed by atoms with Gasteiger partial charge in [-0.2, -0.15) is 5.10 Å². The molecule has 1 amide bonds. The summed E-state index contributed by atoms with van der Waals surface area (Å²) in [5, 5.41) is 4.18.